The van der Waals surface area contributed by atoms with Crippen molar-refractivity contribution in [3.8, 4) is 5.75 Å². The van der Waals surface area contributed by atoms with E-state index >= 15 is 0 Å². The number of nitrogens with zero attached hydrogens (tertiary/aromatic N) is 1. The molecule has 1 aliphatic heterocycles. The van der Waals surface area contributed by atoms with Crippen molar-refractivity contribution < 1.29 is 13.9 Å². The molecule has 3 rings (SSSR count). The molecule has 0 spiro atoms. The normalized spacial score (nSPS) is 15.0. The van der Waals surface area contributed by atoms with Gasteiger partial charge in [0.25, 0.3) is 5.91 Å². The van der Waals surface area contributed by atoms with E-state index in [0.717, 1.165) is 25.2 Å². The second kappa shape index (κ2) is 6.79. The van der Waals surface area contributed by atoms with Crippen LogP contribution in [-0.4, -0.2) is 37.0 Å². The molecule has 1 fully saturated rings. The second-order valence-corrected chi connectivity index (χ2v) is 5.66. The third-order valence-corrected chi connectivity index (χ3v) is 3.89. The molecule has 1 saturated heterocycles. The predicted molar refractivity (Wildman–Crippen MR) is 85.9 cm³/mol. The Bertz CT molecular complexity index is 664. The third-order valence-electron chi connectivity index (χ3n) is 3.89. The standard InChI is InChI=1S/C18H19FN2O2/c1-20-18(22)14-4-2-13(3-5-14)10-21-11-17(12-21)23-16-8-6-15(19)7-9-16/h2-9,17H,10-12H2,1H3,(H,20,22). The van der Waals surface area contributed by atoms with Gasteiger partial charge in [0.05, 0.1) is 0 Å². The Hall–Kier alpha value is -2.40. The van der Waals surface area contributed by atoms with Gasteiger partial charge in [-0.2, -0.15) is 0 Å². The summed E-state index contributed by atoms with van der Waals surface area (Å²) < 4.78 is 18.6. The van der Waals surface area contributed by atoms with Gasteiger partial charge in [0.1, 0.15) is 17.7 Å². The Balaban J connectivity index is 1.46. The highest BCUT2D eigenvalue weighted by atomic mass is 19.1. The van der Waals surface area contributed by atoms with Crippen molar-refractivity contribution in [3.05, 3.63) is 65.5 Å². The van der Waals surface area contributed by atoms with E-state index in [9.17, 15) is 9.18 Å². The minimum Gasteiger partial charge on any atom is -0.488 e. The van der Waals surface area contributed by atoms with Gasteiger partial charge in [-0.3, -0.25) is 9.69 Å². The van der Waals surface area contributed by atoms with Crippen LogP contribution < -0.4 is 10.1 Å². The van der Waals surface area contributed by atoms with Gasteiger partial charge in [0.15, 0.2) is 0 Å². The maximum atomic E-state index is 12.8. The molecule has 1 amide bonds. The third kappa shape index (κ3) is 3.87. The highest BCUT2D eigenvalue weighted by Gasteiger charge is 2.28. The van der Waals surface area contributed by atoms with E-state index in [4.69, 9.17) is 4.74 Å². The average molecular weight is 314 g/mol. The van der Waals surface area contributed by atoms with Crippen LogP contribution in [-0.2, 0) is 6.54 Å². The summed E-state index contributed by atoms with van der Waals surface area (Å²) in [6.45, 7) is 2.51. The van der Waals surface area contributed by atoms with E-state index in [-0.39, 0.29) is 17.8 Å². The number of carbonyl (C=O) groups is 1. The Morgan fingerprint density at radius 3 is 2.43 bits per heavy atom. The molecule has 0 radical (unpaired) electrons. The van der Waals surface area contributed by atoms with E-state index < -0.39 is 0 Å². The highest BCUT2D eigenvalue weighted by Crippen LogP contribution is 2.20. The number of hydrogen-bond donors (Lipinski definition) is 1. The molecule has 2 aromatic rings. The summed E-state index contributed by atoms with van der Waals surface area (Å²) in [6, 6.07) is 13.7. The van der Waals surface area contributed by atoms with Gasteiger partial charge < -0.3 is 10.1 Å². The van der Waals surface area contributed by atoms with Crippen LogP contribution in [0.3, 0.4) is 0 Å². The number of benzene rings is 2. The van der Waals surface area contributed by atoms with E-state index in [1.54, 1.807) is 19.2 Å². The van der Waals surface area contributed by atoms with Gasteiger partial charge in [-0.05, 0) is 42.0 Å². The van der Waals surface area contributed by atoms with Gasteiger partial charge in [-0.15, -0.1) is 0 Å². The molecule has 120 valence electrons. The highest BCUT2D eigenvalue weighted by molar-refractivity contribution is 5.93. The Kier molecular flexibility index (Phi) is 4.57. The number of hydrogen-bond acceptors (Lipinski definition) is 3. The van der Waals surface area contributed by atoms with Crippen LogP contribution in [0.5, 0.6) is 5.75 Å². The number of carbonyl (C=O) groups excluding carboxylic acids is 1. The molecule has 1 aliphatic rings. The number of halogens is 1. The first kappa shape index (κ1) is 15.5. The number of rotatable bonds is 5. The van der Waals surface area contributed by atoms with Gasteiger partial charge >= 0.3 is 0 Å². The number of likely N-dealkylation sites (tertiary alicyclic amines) is 1. The SMILES string of the molecule is CNC(=O)c1ccc(CN2CC(Oc3ccc(F)cc3)C2)cc1. The van der Waals surface area contributed by atoms with Crippen molar-refractivity contribution >= 4 is 5.91 Å². The predicted octanol–water partition coefficient (Wildman–Crippen LogP) is 2.45. The summed E-state index contributed by atoms with van der Waals surface area (Å²) in [5, 5.41) is 2.61. The summed E-state index contributed by atoms with van der Waals surface area (Å²) in [6.07, 6.45) is 0.144. The van der Waals surface area contributed by atoms with Gasteiger partial charge in [0, 0.05) is 32.2 Å². The monoisotopic (exact) mass is 314 g/mol. The van der Waals surface area contributed by atoms with Crippen LogP contribution >= 0.6 is 0 Å². The van der Waals surface area contributed by atoms with Crippen LogP contribution in [0.4, 0.5) is 4.39 Å². The van der Waals surface area contributed by atoms with Crippen LogP contribution in [0.2, 0.25) is 0 Å². The van der Waals surface area contributed by atoms with E-state index in [2.05, 4.69) is 10.2 Å². The lowest BCUT2D eigenvalue weighted by Gasteiger charge is -2.39. The maximum absolute atomic E-state index is 12.8. The molecule has 1 N–H and O–H groups in total. The number of amides is 1. The minimum atomic E-state index is -0.257. The first-order valence-corrected chi connectivity index (χ1v) is 7.59. The van der Waals surface area contributed by atoms with Crippen molar-refractivity contribution in [2.45, 2.75) is 12.6 Å². The van der Waals surface area contributed by atoms with E-state index in [1.165, 1.54) is 12.1 Å². The quantitative estimate of drug-likeness (QED) is 0.922. The fourth-order valence-electron chi connectivity index (χ4n) is 2.60. The van der Waals surface area contributed by atoms with Gasteiger partial charge in [-0.25, -0.2) is 4.39 Å². The molecule has 0 unspecified atom stereocenters. The molecule has 1 heterocycles. The first-order chi connectivity index (χ1) is 11.1. The summed E-state index contributed by atoms with van der Waals surface area (Å²) in [7, 11) is 1.62. The summed E-state index contributed by atoms with van der Waals surface area (Å²) >= 11 is 0. The fourth-order valence-corrected chi connectivity index (χ4v) is 2.60. The zero-order valence-electron chi connectivity index (χ0n) is 13.0. The van der Waals surface area contributed by atoms with Gasteiger partial charge in [-0.1, -0.05) is 12.1 Å². The molecular formula is C18H19FN2O2. The molecule has 0 bridgehead atoms. The van der Waals surface area contributed by atoms with E-state index in [1.807, 2.05) is 24.3 Å². The van der Waals surface area contributed by atoms with Crippen molar-refractivity contribution in [1.29, 1.82) is 0 Å². The molecule has 0 atom stereocenters. The molecule has 0 aromatic heterocycles. The minimum absolute atomic E-state index is 0.0757. The Morgan fingerprint density at radius 2 is 1.83 bits per heavy atom. The number of nitrogens with one attached hydrogen (secondary N) is 1. The van der Waals surface area contributed by atoms with Crippen LogP contribution in [0.1, 0.15) is 15.9 Å². The molecular weight excluding hydrogens is 295 g/mol. The molecule has 2 aromatic carbocycles. The molecule has 0 aliphatic carbocycles. The maximum Gasteiger partial charge on any atom is 0.251 e. The summed E-state index contributed by atoms with van der Waals surface area (Å²) in [4.78, 5) is 13.8. The van der Waals surface area contributed by atoms with Crippen molar-refractivity contribution in [2.75, 3.05) is 20.1 Å². The Morgan fingerprint density at radius 1 is 1.17 bits per heavy atom. The van der Waals surface area contributed by atoms with Crippen LogP contribution in [0.25, 0.3) is 0 Å². The fraction of sp³-hybridized carbons (Fsp3) is 0.278. The molecule has 4 nitrogen and oxygen atoms in total. The van der Waals surface area contributed by atoms with Crippen LogP contribution in [0, 0.1) is 5.82 Å². The molecule has 5 heteroatoms. The lowest BCUT2D eigenvalue weighted by atomic mass is 10.1. The lowest BCUT2D eigenvalue weighted by molar-refractivity contribution is 0.0145. The zero-order chi connectivity index (χ0) is 16.2. The number of ether oxygens (including phenoxy) is 1. The summed E-state index contributed by atoms with van der Waals surface area (Å²) in [5.74, 6) is 0.368. The van der Waals surface area contributed by atoms with Gasteiger partial charge in [0.2, 0.25) is 0 Å². The first-order valence-electron chi connectivity index (χ1n) is 7.59. The zero-order valence-corrected chi connectivity index (χ0v) is 13.0. The van der Waals surface area contributed by atoms with Crippen LogP contribution in [0.15, 0.2) is 48.5 Å². The van der Waals surface area contributed by atoms with Crippen molar-refractivity contribution in [2.24, 2.45) is 0 Å². The second-order valence-electron chi connectivity index (χ2n) is 5.66. The largest absolute Gasteiger partial charge is 0.488 e. The topological polar surface area (TPSA) is 41.6 Å². The van der Waals surface area contributed by atoms with E-state index in [0.29, 0.717) is 11.3 Å². The average Bonchev–Trinajstić information content (AvgIpc) is 2.54. The smallest absolute Gasteiger partial charge is 0.251 e. The molecule has 0 saturated carbocycles. The lowest BCUT2D eigenvalue weighted by Crippen LogP contribution is -2.53. The summed E-state index contributed by atoms with van der Waals surface area (Å²) in [5.41, 5.74) is 1.83. The Labute approximate surface area is 134 Å². The molecule has 23 heavy (non-hydrogen) atoms. The van der Waals surface area contributed by atoms with Crippen molar-refractivity contribution in [3.63, 3.8) is 0 Å². The van der Waals surface area contributed by atoms with Crippen molar-refractivity contribution in [1.82, 2.24) is 10.2 Å².